The minimum atomic E-state index is -0.686. The molecule has 20 heavy (non-hydrogen) atoms. The molecule has 0 aliphatic carbocycles. The maximum atomic E-state index is 10.5. The van der Waals surface area contributed by atoms with Gasteiger partial charge in [-0.1, -0.05) is 0 Å². The van der Waals surface area contributed by atoms with Crippen LogP contribution in [0.25, 0.3) is 0 Å². The first-order chi connectivity index (χ1) is 9.69. The highest BCUT2D eigenvalue weighted by Gasteiger charge is 2.26. The zero-order valence-electron chi connectivity index (χ0n) is 12.2. The first-order valence-electron chi connectivity index (χ1n) is 6.79. The number of aliphatic hydroxyl groups excluding tert-OH is 1. The van der Waals surface area contributed by atoms with Crippen molar-refractivity contribution >= 4 is 0 Å². The van der Waals surface area contributed by atoms with Crippen LogP contribution in [0.4, 0.5) is 0 Å². The number of hydrogen-bond acceptors (Lipinski definition) is 5. The van der Waals surface area contributed by atoms with Crippen LogP contribution in [0.3, 0.4) is 0 Å². The molecule has 2 rings (SSSR count). The summed E-state index contributed by atoms with van der Waals surface area (Å²) < 4.78 is 21.5. The SMILES string of the molecule is COc1cc(OC)c(C(O)CC2CCCO2)c(OC)c1. The monoisotopic (exact) mass is 282 g/mol. The van der Waals surface area contributed by atoms with Crippen LogP contribution in [0.1, 0.15) is 30.9 Å². The number of ether oxygens (including phenoxy) is 4. The Morgan fingerprint density at radius 3 is 2.30 bits per heavy atom. The van der Waals surface area contributed by atoms with E-state index in [1.807, 2.05) is 0 Å². The number of rotatable bonds is 6. The average Bonchev–Trinajstić information content (AvgIpc) is 2.98. The molecule has 5 nitrogen and oxygen atoms in total. The number of methoxy groups -OCH3 is 3. The van der Waals surface area contributed by atoms with E-state index in [9.17, 15) is 5.11 Å². The molecule has 1 saturated heterocycles. The Bertz CT molecular complexity index is 415. The van der Waals surface area contributed by atoms with E-state index in [2.05, 4.69) is 0 Å². The minimum absolute atomic E-state index is 0.0986. The smallest absolute Gasteiger partial charge is 0.132 e. The molecule has 0 radical (unpaired) electrons. The second-order valence-electron chi connectivity index (χ2n) is 4.83. The van der Waals surface area contributed by atoms with Gasteiger partial charge < -0.3 is 24.1 Å². The van der Waals surface area contributed by atoms with Gasteiger partial charge in [0.15, 0.2) is 0 Å². The Morgan fingerprint density at radius 1 is 1.20 bits per heavy atom. The summed E-state index contributed by atoms with van der Waals surface area (Å²) in [5.74, 6) is 1.75. The normalized spacial score (nSPS) is 19.7. The van der Waals surface area contributed by atoms with Gasteiger partial charge in [-0.3, -0.25) is 0 Å². The highest BCUT2D eigenvalue weighted by Crippen LogP contribution is 2.40. The molecule has 0 bridgehead atoms. The molecule has 1 heterocycles. The molecule has 2 atom stereocenters. The first-order valence-corrected chi connectivity index (χ1v) is 6.79. The van der Waals surface area contributed by atoms with Gasteiger partial charge in [-0.15, -0.1) is 0 Å². The average molecular weight is 282 g/mol. The van der Waals surface area contributed by atoms with Gasteiger partial charge in [-0.25, -0.2) is 0 Å². The third-order valence-corrected chi connectivity index (χ3v) is 3.60. The summed E-state index contributed by atoms with van der Waals surface area (Å²) in [6, 6.07) is 3.49. The lowest BCUT2D eigenvalue weighted by Crippen LogP contribution is -2.13. The molecule has 1 fully saturated rings. The van der Waals surface area contributed by atoms with Crippen LogP contribution in [-0.2, 0) is 4.74 Å². The molecule has 1 aromatic rings. The van der Waals surface area contributed by atoms with Crippen LogP contribution < -0.4 is 14.2 Å². The summed E-state index contributed by atoms with van der Waals surface area (Å²) >= 11 is 0. The van der Waals surface area contributed by atoms with Crippen molar-refractivity contribution < 1.29 is 24.1 Å². The predicted octanol–water partition coefficient (Wildman–Crippen LogP) is 2.31. The van der Waals surface area contributed by atoms with E-state index < -0.39 is 6.10 Å². The summed E-state index contributed by atoms with van der Waals surface area (Å²) in [5, 5.41) is 10.5. The van der Waals surface area contributed by atoms with E-state index in [0.717, 1.165) is 19.4 Å². The summed E-state index contributed by atoms with van der Waals surface area (Å²) in [6.07, 6.45) is 1.99. The van der Waals surface area contributed by atoms with Gasteiger partial charge in [-0.05, 0) is 12.8 Å². The second kappa shape index (κ2) is 6.81. The van der Waals surface area contributed by atoms with E-state index in [4.69, 9.17) is 18.9 Å². The Hall–Kier alpha value is -1.46. The molecule has 1 N–H and O–H groups in total. The van der Waals surface area contributed by atoms with Gasteiger partial charge in [0.05, 0.1) is 39.1 Å². The molecule has 5 heteroatoms. The van der Waals surface area contributed by atoms with Crippen LogP contribution >= 0.6 is 0 Å². The number of benzene rings is 1. The second-order valence-corrected chi connectivity index (χ2v) is 4.83. The van der Waals surface area contributed by atoms with Gasteiger partial charge in [0.1, 0.15) is 17.2 Å². The van der Waals surface area contributed by atoms with E-state index in [0.29, 0.717) is 29.2 Å². The third-order valence-electron chi connectivity index (χ3n) is 3.60. The zero-order chi connectivity index (χ0) is 14.5. The lowest BCUT2D eigenvalue weighted by atomic mass is 9.99. The lowest BCUT2D eigenvalue weighted by molar-refractivity contribution is 0.0516. The quantitative estimate of drug-likeness (QED) is 0.867. The third kappa shape index (κ3) is 3.16. The Labute approximate surface area is 119 Å². The maximum Gasteiger partial charge on any atom is 0.132 e. The Kier molecular flexibility index (Phi) is 5.09. The fraction of sp³-hybridized carbons (Fsp3) is 0.600. The summed E-state index contributed by atoms with van der Waals surface area (Å²) in [6.45, 7) is 0.772. The Morgan fingerprint density at radius 2 is 1.85 bits per heavy atom. The maximum absolute atomic E-state index is 10.5. The molecule has 0 saturated carbocycles. The van der Waals surface area contributed by atoms with Crippen molar-refractivity contribution in [3.63, 3.8) is 0 Å². The molecule has 0 aromatic heterocycles. The van der Waals surface area contributed by atoms with Crippen molar-refractivity contribution in [1.29, 1.82) is 0 Å². The lowest BCUT2D eigenvalue weighted by Gasteiger charge is -2.21. The van der Waals surface area contributed by atoms with Crippen LogP contribution in [-0.4, -0.2) is 39.1 Å². The van der Waals surface area contributed by atoms with Gasteiger partial charge in [0, 0.05) is 25.2 Å². The van der Waals surface area contributed by atoms with E-state index >= 15 is 0 Å². The van der Waals surface area contributed by atoms with Crippen LogP contribution in [0.2, 0.25) is 0 Å². The molecule has 0 amide bonds. The van der Waals surface area contributed by atoms with E-state index in [1.165, 1.54) is 0 Å². The fourth-order valence-corrected chi connectivity index (χ4v) is 2.56. The summed E-state index contributed by atoms with van der Waals surface area (Å²) in [5.41, 5.74) is 0.645. The van der Waals surface area contributed by atoms with Gasteiger partial charge in [0.2, 0.25) is 0 Å². The first kappa shape index (κ1) is 14.9. The largest absolute Gasteiger partial charge is 0.496 e. The molecular formula is C15H22O5. The summed E-state index contributed by atoms with van der Waals surface area (Å²) in [7, 11) is 4.71. The fourth-order valence-electron chi connectivity index (χ4n) is 2.56. The highest BCUT2D eigenvalue weighted by atomic mass is 16.5. The van der Waals surface area contributed by atoms with Crippen molar-refractivity contribution in [2.75, 3.05) is 27.9 Å². The molecular weight excluding hydrogens is 260 g/mol. The molecule has 1 aromatic carbocycles. The molecule has 2 unspecified atom stereocenters. The van der Waals surface area contributed by atoms with E-state index in [1.54, 1.807) is 33.5 Å². The molecule has 1 aliphatic heterocycles. The molecule has 1 aliphatic rings. The number of aliphatic hydroxyl groups is 1. The topological polar surface area (TPSA) is 57.2 Å². The highest BCUT2D eigenvalue weighted by molar-refractivity contribution is 5.51. The van der Waals surface area contributed by atoms with Gasteiger partial charge >= 0.3 is 0 Å². The predicted molar refractivity (Wildman–Crippen MR) is 74.6 cm³/mol. The molecule has 0 spiro atoms. The van der Waals surface area contributed by atoms with Crippen molar-refractivity contribution in [2.45, 2.75) is 31.5 Å². The standard InChI is InChI=1S/C15H22O5/c1-17-11-8-13(18-2)15(14(9-11)19-3)12(16)7-10-5-4-6-20-10/h8-10,12,16H,4-7H2,1-3H3. The van der Waals surface area contributed by atoms with Crippen LogP contribution in [0.15, 0.2) is 12.1 Å². The van der Waals surface area contributed by atoms with Gasteiger partial charge in [0.25, 0.3) is 0 Å². The summed E-state index contributed by atoms with van der Waals surface area (Å²) in [4.78, 5) is 0. The van der Waals surface area contributed by atoms with Crippen molar-refractivity contribution in [3.8, 4) is 17.2 Å². The van der Waals surface area contributed by atoms with Gasteiger partial charge in [-0.2, -0.15) is 0 Å². The van der Waals surface area contributed by atoms with Crippen molar-refractivity contribution in [3.05, 3.63) is 17.7 Å². The minimum Gasteiger partial charge on any atom is -0.496 e. The van der Waals surface area contributed by atoms with Crippen LogP contribution in [0, 0.1) is 0 Å². The van der Waals surface area contributed by atoms with Crippen LogP contribution in [0.5, 0.6) is 17.2 Å². The van der Waals surface area contributed by atoms with Crippen molar-refractivity contribution in [1.82, 2.24) is 0 Å². The molecule has 112 valence electrons. The zero-order valence-corrected chi connectivity index (χ0v) is 12.2. The van der Waals surface area contributed by atoms with E-state index in [-0.39, 0.29) is 6.10 Å². The Balaban J connectivity index is 2.27. The van der Waals surface area contributed by atoms with Crippen molar-refractivity contribution in [2.24, 2.45) is 0 Å². The number of hydrogen-bond donors (Lipinski definition) is 1.